The van der Waals surface area contributed by atoms with Gasteiger partial charge in [-0.3, -0.25) is 0 Å². The first-order valence-electron chi connectivity index (χ1n) is 5.87. The van der Waals surface area contributed by atoms with Gasteiger partial charge in [0.15, 0.2) is 0 Å². The van der Waals surface area contributed by atoms with Crippen molar-refractivity contribution in [3.63, 3.8) is 0 Å². The van der Waals surface area contributed by atoms with Gasteiger partial charge in [-0.2, -0.15) is 0 Å². The summed E-state index contributed by atoms with van der Waals surface area (Å²) in [5.74, 6) is 0.723. The van der Waals surface area contributed by atoms with E-state index in [1.165, 1.54) is 19.5 Å². The molecule has 0 aliphatic carbocycles. The third-order valence-corrected chi connectivity index (χ3v) is 3.02. The maximum absolute atomic E-state index is 6.10. The lowest BCUT2D eigenvalue weighted by Crippen LogP contribution is -2.37. The monoisotopic (exact) mass is 198 g/mol. The SMILES string of the molecule is CC(C)CC(N)CN1CCC(C)(C)C1. The van der Waals surface area contributed by atoms with Crippen LogP contribution in [0, 0.1) is 11.3 Å². The lowest BCUT2D eigenvalue weighted by Gasteiger charge is -2.23. The minimum Gasteiger partial charge on any atom is -0.327 e. The number of rotatable bonds is 4. The molecule has 1 heterocycles. The molecular weight excluding hydrogens is 172 g/mol. The maximum atomic E-state index is 6.10. The van der Waals surface area contributed by atoms with Crippen LogP contribution in [-0.4, -0.2) is 30.6 Å². The summed E-state index contributed by atoms with van der Waals surface area (Å²) < 4.78 is 0. The van der Waals surface area contributed by atoms with E-state index in [0.29, 0.717) is 11.5 Å². The Hall–Kier alpha value is -0.0800. The van der Waals surface area contributed by atoms with Crippen LogP contribution in [-0.2, 0) is 0 Å². The van der Waals surface area contributed by atoms with Gasteiger partial charge in [-0.1, -0.05) is 27.7 Å². The molecule has 0 spiro atoms. The second kappa shape index (κ2) is 4.63. The van der Waals surface area contributed by atoms with Crippen molar-refractivity contribution in [3.05, 3.63) is 0 Å². The lowest BCUT2D eigenvalue weighted by atomic mass is 9.93. The molecular formula is C12H26N2. The van der Waals surface area contributed by atoms with Crippen molar-refractivity contribution in [2.45, 2.75) is 46.6 Å². The minimum absolute atomic E-state index is 0.365. The fraction of sp³-hybridized carbons (Fsp3) is 1.00. The molecule has 2 nitrogen and oxygen atoms in total. The first-order chi connectivity index (χ1) is 6.39. The zero-order valence-corrected chi connectivity index (χ0v) is 10.2. The molecule has 0 aromatic carbocycles. The van der Waals surface area contributed by atoms with Gasteiger partial charge in [-0.15, -0.1) is 0 Å². The van der Waals surface area contributed by atoms with E-state index < -0.39 is 0 Å². The summed E-state index contributed by atoms with van der Waals surface area (Å²) in [4.78, 5) is 2.52. The van der Waals surface area contributed by atoms with Gasteiger partial charge in [0.1, 0.15) is 0 Å². The zero-order chi connectivity index (χ0) is 10.8. The molecule has 0 radical (unpaired) electrons. The highest BCUT2D eigenvalue weighted by atomic mass is 15.2. The van der Waals surface area contributed by atoms with Gasteiger partial charge in [0.25, 0.3) is 0 Å². The normalized spacial score (nSPS) is 24.4. The lowest BCUT2D eigenvalue weighted by molar-refractivity contribution is 0.264. The van der Waals surface area contributed by atoms with Crippen LogP contribution in [0.1, 0.15) is 40.5 Å². The van der Waals surface area contributed by atoms with E-state index in [4.69, 9.17) is 5.73 Å². The molecule has 0 amide bonds. The van der Waals surface area contributed by atoms with Crippen LogP contribution in [0.4, 0.5) is 0 Å². The largest absolute Gasteiger partial charge is 0.327 e. The third kappa shape index (κ3) is 3.97. The van der Waals surface area contributed by atoms with Crippen molar-refractivity contribution >= 4 is 0 Å². The van der Waals surface area contributed by atoms with Crippen molar-refractivity contribution in [2.75, 3.05) is 19.6 Å². The van der Waals surface area contributed by atoms with E-state index >= 15 is 0 Å². The van der Waals surface area contributed by atoms with Crippen molar-refractivity contribution in [3.8, 4) is 0 Å². The van der Waals surface area contributed by atoms with Crippen LogP contribution in [0.15, 0.2) is 0 Å². The quantitative estimate of drug-likeness (QED) is 0.749. The molecule has 1 aliphatic heterocycles. The standard InChI is InChI=1S/C12H26N2/c1-10(2)7-11(13)8-14-6-5-12(3,4)9-14/h10-11H,5-9,13H2,1-4H3. The van der Waals surface area contributed by atoms with Gasteiger partial charge >= 0.3 is 0 Å². The zero-order valence-electron chi connectivity index (χ0n) is 10.2. The minimum atomic E-state index is 0.365. The highest BCUT2D eigenvalue weighted by Gasteiger charge is 2.29. The number of likely N-dealkylation sites (tertiary alicyclic amines) is 1. The van der Waals surface area contributed by atoms with Crippen LogP contribution in [0.2, 0.25) is 0 Å². The Labute approximate surface area is 88.8 Å². The molecule has 1 unspecified atom stereocenters. The summed E-state index contributed by atoms with van der Waals surface area (Å²) in [7, 11) is 0. The second-order valence-electron chi connectivity index (χ2n) is 6.04. The molecule has 1 fully saturated rings. The van der Waals surface area contributed by atoms with Crippen molar-refractivity contribution in [2.24, 2.45) is 17.1 Å². The van der Waals surface area contributed by atoms with Gasteiger partial charge in [0.05, 0.1) is 0 Å². The van der Waals surface area contributed by atoms with Gasteiger partial charge in [-0.25, -0.2) is 0 Å². The molecule has 2 N–H and O–H groups in total. The average molecular weight is 198 g/mol. The van der Waals surface area contributed by atoms with E-state index in [-0.39, 0.29) is 0 Å². The Morgan fingerprint density at radius 2 is 2.00 bits per heavy atom. The number of hydrogen-bond acceptors (Lipinski definition) is 2. The van der Waals surface area contributed by atoms with E-state index in [0.717, 1.165) is 18.9 Å². The Kier molecular flexibility index (Phi) is 3.96. The Balaban J connectivity index is 2.25. The molecule has 0 bridgehead atoms. The summed E-state index contributed by atoms with van der Waals surface area (Å²) in [6.07, 6.45) is 2.47. The molecule has 1 aliphatic rings. The van der Waals surface area contributed by atoms with E-state index in [1.807, 2.05) is 0 Å². The summed E-state index contributed by atoms with van der Waals surface area (Å²) in [5, 5.41) is 0. The van der Waals surface area contributed by atoms with Gasteiger partial charge < -0.3 is 10.6 Å². The third-order valence-electron chi connectivity index (χ3n) is 3.02. The molecule has 0 aromatic heterocycles. The first-order valence-corrected chi connectivity index (χ1v) is 5.87. The van der Waals surface area contributed by atoms with Gasteiger partial charge in [-0.05, 0) is 30.7 Å². The summed E-state index contributed by atoms with van der Waals surface area (Å²) >= 11 is 0. The van der Waals surface area contributed by atoms with Crippen LogP contribution in [0.3, 0.4) is 0 Å². The highest BCUT2D eigenvalue weighted by molar-refractivity contribution is 4.84. The number of hydrogen-bond donors (Lipinski definition) is 1. The molecule has 0 aromatic rings. The van der Waals surface area contributed by atoms with Crippen molar-refractivity contribution < 1.29 is 0 Å². The summed E-state index contributed by atoms with van der Waals surface area (Å²) in [5.41, 5.74) is 6.61. The van der Waals surface area contributed by atoms with Gasteiger partial charge in [0, 0.05) is 19.1 Å². The van der Waals surface area contributed by atoms with Crippen LogP contribution >= 0.6 is 0 Å². The van der Waals surface area contributed by atoms with E-state index in [1.54, 1.807) is 0 Å². The summed E-state index contributed by atoms with van der Waals surface area (Å²) in [6.45, 7) is 12.7. The first kappa shape index (κ1) is 12.0. The molecule has 0 saturated carbocycles. The van der Waals surface area contributed by atoms with Gasteiger partial charge in [0.2, 0.25) is 0 Å². The van der Waals surface area contributed by atoms with Crippen LogP contribution in [0.25, 0.3) is 0 Å². The number of nitrogens with zero attached hydrogens (tertiary/aromatic N) is 1. The van der Waals surface area contributed by atoms with Crippen LogP contribution < -0.4 is 5.73 Å². The molecule has 14 heavy (non-hydrogen) atoms. The smallest absolute Gasteiger partial charge is 0.0170 e. The molecule has 1 atom stereocenters. The molecule has 84 valence electrons. The fourth-order valence-electron chi connectivity index (χ4n) is 2.39. The Morgan fingerprint density at radius 3 is 2.43 bits per heavy atom. The molecule has 1 rings (SSSR count). The second-order valence-corrected chi connectivity index (χ2v) is 6.04. The predicted molar refractivity (Wildman–Crippen MR) is 62.3 cm³/mol. The highest BCUT2D eigenvalue weighted by Crippen LogP contribution is 2.28. The average Bonchev–Trinajstić information content (AvgIpc) is 2.27. The Morgan fingerprint density at radius 1 is 1.36 bits per heavy atom. The number of nitrogens with two attached hydrogens (primary N) is 1. The summed E-state index contributed by atoms with van der Waals surface area (Å²) in [6, 6.07) is 0.365. The van der Waals surface area contributed by atoms with Crippen LogP contribution in [0.5, 0.6) is 0 Å². The fourth-order valence-corrected chi connectivity index (χ4v) is 2.39. The van der Waals surface area contributed by atoms with E-state index in [9.17, 15) is 0 Å². The van der Waals surface area contributed by atoms with Crippen molar-refractivity contribution in [1.29, 1.82) is 0 Å². The predicted octanol–water partition coefficient (Wildman–Crippen LogP) is 2.09. The Bertz CT molecular complexity index is 175. The molecule has 1 saturated heterocycles. The van der Waals surface area contributed by atoms with Crippen molar-refractivity contribution in [1.82, 2.24) is 4.90 Å². The topological polar surface area (TPSA) is 29.3 Å². The maximum Gasteiger partial charge on any atom is 0.0170 e. The molecule has 2 heteroatoms. The van der Waals surface area contributed by atoms with E-state index in [2.05, 4.69) is 32.6 Å².